The highest BCUT2D eigenvalue weighted by Crippen LogP contribution is 2.55. The number of carbonyl (C=O) groups is 2. The molecule has 166 valence electrons. The van der Waals surface area contributed by atoms with Crippen LogP contribution in [0.25, 0.3) is 11.1 Å². The van der Waals surface area contributed by atoms with Gasteiger partial charge < -0.3 is 14.8 Å². The van der Waals surface area contributed by atoms with E-state index in [0.29, 0.717) is 30.2 Å². The van der Waals surface area contributed by atoms with E-state index < -0.39 is 17.4 Å². The quantitative estimate of drug-likeness (QED) is 0.482. The highest BCUT2D eigenvalue weighted by molar-refractivity contribution is 6.30. The van der Waals surface area contributed by atoms with Crippen molar-refractivity contribution in [3.8, 4) is 11.1 Å². The Kier molecular flexibility index (Phi) is 6.07. The van der Waals surface area contributed by atoms with Crippen LogP contribution in [-0.2, 0) is 11.2 Å². The molecule has 1 aliphatic rings. The Morgan fingerprint density at radius 1 is 1.25 bits per heavy atom. The molecule has 4 rings (SSSR count). The van der Waals surface area contributed by atoms with Crippen LogP contribution in [0.15, 0.2) is 59.1 Å². The minimum atomic E-state index is -0.881. The summed E-state index contributed by atoms with van der Waals surface area (Å²) in [5.74, 6) is -1.18. The minimum Gasteiger partial charge on any atom is -0.481 e. The predicted molar refractivity (Wildman–Crippen MR) is 122 cm³/mol. The monoisotopic (exact) mass is 452 g/mol. The summed E-state index contributed by atoms with van der Waals surface area (Å²) < 4.78 is 5.49. The van der Waals surface area contributed by atoms with Gasteiger partial charge in [0, 0.05) is 22.9 Å². The molecule has 1 saturated carbocycles. The second-order valence-electron chi connectivity index (χ2n) is 8.41. The molecule has 1 aliphatic carbocycles. The average molecular weight is 453 g/mol. The fraction of sp³-hybridized carbons (Fsp3) is 0.320. The Hall–Kier alpha value is -3.12. The maximum Gasteiger partial charge on any atom is 0.306 e. The SMILES string of the molecule is CCc1ncc(C(=O)NC2(C[C@H](C)C(=O)O)C[C@H]2c2ccc(-c3cccc(Cl)c3)cc2)o1. The van der Waals surface area contributed by atoms with Crippen LogP contribution >= 0.6 is 11.6 Å². The van der Waals surface area contributed by atoms with E-state index in [2.05, 4.69) is 10.3 Å². The lowest BCUT2D eigenvalue weighted by molar-refractivity contribution is -0.141. The number of halogens is 1. The van der Waals surface area contributed by atoms with Gasteiger partial charge in [0.1, 0.15) is 0 Å². The standard InChI is InChI=1S/C25H25ClN2O4/c1-3-22-27-14-21(32-22)23(29)28-25(12-15(2)24(30)31)13-20(25)17-9-7-16(8-10-17)18-5-4-6-19(26)11-18/h4-11,14-15,20H,3,12-13H2,1-2H3,(H,28,29)(H,30,31)/t15-,20-,25?/m0/s1. The number of hydrogen-bond donors (Lipinski definition) is 2. The zero-order chi connectivity index (χ0) is 22.9. The molecule has 0 bridgehead atoms. The van der Waals surface area contributed by atoms with Crippen molar-refractivity contribution in [2.75, 3.05) is 0 Å². The van der Waals surface area contributed by atoms with E-state index in [1.807, 2.05) is 55.5 Å². The molecule has 2 aromatic carbocycles. The number of carbonyl (C=O) groups excluding carboxylic acids is 1. The molecule has 6 nitrogen and oxygen atoms in total. The molecule has 1 amide bonds. The Balaban J connectivity index is 1.55. The average Bonchev–Trinajstić information content (AvgIpc) is 3.24. The summed E-state index contributed by atoms with van der Waals surface area (Å²) in [7, 11) is 0. The number of carboxylic acid groups (broad SMARTS) is 1. The van der Waals surface area contributed by atoms with Crippen molar-refractivity contribution in [2.45, 2.75) is 44.6 Å². The topological polar surface area (TPSA) is 92.4 Å². The van der Waals surface area contributed by atoms with E-state index in [1.54, 1.807) is 6.92 Å². The van der Waals surface area contributed by atoms with Gasteiger partial charge in [-0.3, -0.25) is 9.59 Å². The van der Waals surface area contributed by atoms with Crippen LogP contribution in [0.1, 0.15) is 54.6 Å². The van der Waals surface area contributed by atoms with E-state index in [4.69, 9.17) is 16.0 Å². The summed E-state index contributed by atoms with van der Waals surface area (Å²) >= 11 is 6.11. The van der Waals surface area contributed by atoms with Gasteiger partial charge in [0.05, 0.1) is 12.1 Å². The number of aliphatic carboxylic acids is 1. The van der Waals surface area contributed by atoms with E-state index in [1.165, 1.54) is 6.20 Å². The van der Waals surface area contributed by atoms with Gasteiger partial charge in [-0.1, -0.05) is 61.8 Å². The molecule has 1 aromatic heterocycles. The molecular weight excluding hydrogens is 428 g/mol. The number of nitrogens with zero attached hydrogens (tertiary/aromatic N) is 1. The Morgan fingerprint density at radius 3 is 2.62 bits per heavy atom. The van der Waals surface area contributed by atoms with Crippen molar-refractivity contribution in [3.63, 3.8) is 0 Å². The molecule has 1 fully saturated rings. The summed E-state index contributed by atoms with van der Waals surface area (Å²) in [4.78, 5) is 28.4. The predicted octanol–water partition coefficient (Wildman–Crippen LogP) is 5.32. The molecule has 1 heterocycles. The molecule has 0 radical (unpaired) electrons. The van der Waals surface area contributed by atoms with Gasteiger partial charge in [-0.2, -0.15) is 0 Å². The smallest absolute Gasteiger partial charge is 0.306 e. The van der Waals surface area contributed by atoms with Crippen LogP contribution in [0.4, 0.5) is 0 Å². The number of amides is 1. The van der Waals surface area contributed by atoms with E-state index in [0.717, 1.165) is 16.7 Å². The first-order valence-corrected chi connectivity index (χ1v) is 11.0. The fourth-order valence-electron chi connectivity index (χ4n) is 4.23. The van der Waals surface area contributed by atoms with E-state index in [9.17, 15) is 14.7 Å². The van der Waals surface area contributed by atoms with Crippen LogP contribution in [0.2, 0.25) is 5.02 Å². The normalized spacial score (nSPS) is 20.5. The summed E-state index contributed by atoms with van der Waals surface area (Å²) in [6.45, 7) is 3.56. The third-order valence-corrected chi connectivity index (χ3v) is 6.32. The lowest BCUT2D eigenvalue weighted by atomic mass is 9.94. The number of oxazole rings is 1. The number of aryl methyl sites for hydroxylation is 1. The van der Waals surface area contributed by atoms with Crippen LogP contribution < -0.4 is 5.32 Å². The van der Waals surface area contributed by atoms with Crippen molar-refractivity contribution < 1.29 is 19.1 Å². The Morgan fingerprint density at radius 2 is 2.00 bits per heavy atom. The highest BCUT2D eigenvalue weighted by Gasteiger charge is 2.57. The molecule has 32 heavy (non-hydrogen) atoms. The summed E-state index contributed by atoms with van der Waals surface area (Å²) in [5.41, 5.74) is 2.49. The molecule has 3 atom stereocenters. The zero-order valence-electron chi connectivity index (χ0n) is 18.0. The van der Waals surface area contributed by atoms with E-state index >= 15 is 0 Å². The molecule has 0 spiro atoms. The highest BCUT2D eigenvalue weighted by atomic mass is 35.5. The summed E-state index contributed by atoms with van der Waals surface area (Å²) in [6.07, 6.45) is 3.01. The van der Waals surface area contributed by atoms with Crippen molar-refractivity contribution in [2.24, 2.45) is 5.92 Å². The van der Waals surface area contributed by atoms with Crippen molar-refractivity contribution in [1.29, 1.82) is 0 Å². The van der Waals surface area contributed by atoms with Crippen molar-refractivity contribution in [3.05, 3.63) is 77.0 Å². The van der Waals surface area contributed by atoms with Crippen molar-refractivity contribution in [1.82, 2.24) is 10.3 Å². The first-order valence-electron chi connectivity index (χ1n) is 10.7. The first kappa shape index (κ1) is 22.1. The number of rotatable bonds is 8. The number of aromatic nitrogens is 1. The van der Waals surface area contributed by atoms with Gasteiger partial charge in [-0.05, 0) is 41.7 Å². The summed E-state index contributed by atoms with van der Waals surface area (Å²) in [6, 6.07) is 15.8. The molecule has 0 aliphatic heterocycles. The first-order chi connectivity index (χ1) is 15.3. The maximum absolute atomic E-state index is 12.8. The molecular formula is C25H25ClN2O4. The second kappa shape index (κ2) is 8.79. The van der Waals surface area contributed by atoms with Gasteiger partial charge in [-0.15, -0.1) is 0 Å². The largest absolute Gasteiger partial charge is 0.481 e. The van der Waals surface area contributed by atoms with Crippen LogP contribution in [-0.4, -0.2) is 27.5 Å². The lowest BCUT2D eigenvalue weighted by Gasteiger charge is -2.21. The van der Waals surface area contributed by atoms with Crippen molar-refractivity contribution >= 4 is 23.5 Å². The van der Waals surface area contributed by atoms with E-state index in [-0.39, 0.29) is 17.6 Å². The minimum absolute atomic E-state index is 0.0234. The van der Waals surface area contributed by atoms with Gasteiger partial charge in [0.15, 0.2) is 5.89 Å². The summed E-state index contributed by atoms with van der Waals surface area (Å²) in [5, 5.41) is 13.2. The van der Waals surface area contributed by atoms with Crippen LogP contribution in [0.3, 0.4) is 0 Å². The molecule has 1 unspecified atom stereocenters. The van der Waals surface area contributed by atoms with Gasteiger partial charge in [0.25, 0.3) is 5.91 Å². The molecule has 3 aromatic rings. The molecule has 0 saturated heterocycles. The third-order valence-electron chi connectivity index (χ3n) is 6.08. The maximum atomic E-state index is 12.8. The van der Waals surface area contributed by atoms with Gasteiger partial charge >= 0.3 is 5.97 Å². The van der Waals surface area contributed by atoms with Gasteiger partial charge in [0.2, 0.25) is 5.76 Å². The second-order valence-corrected chi connectivity index (χ2v) is 8.85. The lowest BCUT2D eigenvalue weighted by Crippen LogP contribution is -2.40. The fourth-order valence-corrected chi connectivity index (χ4v) is 4.42. The zero-order valence-corrected chi connectivity index (χ0v) is 18.7. The third kappa shape index (κ3) is 4.55. The molecule has 7 heteroatoms. The van der Waals surface area contributed by atoms with Gasteiger partial charge in [-0.25, -0.2) is 4.98 Å². The Bertz CT molecular complexity index is 1140. The number of nitrogens with one attached hydrogen (secondary N) is 1. The van der Waals surface area contributed by atoms with Crippen LogP contribution in [0.5, 0.6) is 0 Å². The van der Waals surface area contributed by atoms with Crippen LogP contribution in [0, 0.1) is 5.92 Å². The number of hydrogen-bond acceptors (Lipinski definition) is 4. The molecule has 2 N–H and O–H groups in total. The number of benzene rings is 2. The number of carboxylic acids is 1. The Labute approximate surface area is 191 Å².